The van der Waals surface area contributed by atoms with E-state index >= 15 is 0 Å². The fourth-order valence-corrected chi connectivity index (χ4v) is 3.91. The van der Waals surface area contributed by atoms with Crippen molar-refractivity contribution in [2.75, 3.05) is 79.1 Å². The molecule has 302 valence electrons. The zero-order valence-electron chi connectivity index (χ0n) is 31.6. The van der Waals surface area contributed by atoms with E-state index < -0.39 is 49.3 Å². The Bertz CT molecular complexity index is 1070. The van der Waals surface area contributed by atoms with Gasteiger partial charge in [-0.1, -0.05) is 31.9 Å². The predicted molar refractivity (Wildman–Crippen MR) is 201 cm³/mol. The molecule has 0 aliphatic carbocycles. The van der Waals surface area contributed by atoms with E-state index in [1.54, 1.807) is 48.5 Å². The number of unbranched alkanes of at least 4 members (excludes halogenated alkanes) is 1. The molecule has 0 aromatic rings. The molecule has 0 aliphatic rings. The van der Waals surface area contributed by atoms with Gasteiger partial charge in [-0.15, -0.1) is 0 Å². The summed E-state index contributed by atoms with van der Waals surface area (Å²) < 4.78 is 31.2. The van der Waals surface area contributed by atoms with E-state index in [4.69, 9.17) is 45.3 Å². The second-order valence-corrected chi connectivity index (χ2v) is 18.2. The first-order chi connectivity index (χ1) is 24.0. The largest absolute Gasteiger partial charge is 0.464 e. The van der Waals surface area contributed by atoms with Gasteiger partial charge in [0.15, 0.2) is 5.96 Å². The normalized spacial score (nSPS) is 12.7. The van der Waals surface area contributed by atoms with Gasteiger partial charge in [-0.05, 0) is 67.7 Å². The molecule has 0 radical (unpaired) electrons. The van der Waals surface area contributed by atoms with Crippen LogP contribution in [0.5, 0.6) is 0 Å². The highest BCUT2D eigenvalue weighted by molar-refractivity contribution is 9.10. The Morgan fingerprint density at radius 3 is 1.60 bits per heavy atom. The maximum atomic E-state index is 12.6. The third-order valence-corrected chi connectivity index (χ3v) is 7.48. The molecule has 1 atom stereocenters. The van der Waals surface area contributed by atoms with Gasteiger partial charge in [-0.3, -0.25) is 29.4 Å². The Kier molecular flexibility index (Phi) is 23.5. The van der Waals surface area contributed by atoms with Crippen molar-refractivity contribution in [1.29, 1.82) is 5.41 Å². The number of rotatable bonds is 27. The lowest BCUT2D eigenvalue weighted by Crippen LogP contribution is -2.46. The number of carbonyl (C=O) groups excluding carboxylic acids is 5. The van der Waals surface area contributed by atoms with Crippen LogP contribution >= 0.6 is 31.9 Å². The second kappa shape index (κ2) is 24.7. The summed E-state index contributed by atoms with van der Waals surface area (Å²) in [6.45, 7) is 11.8. The van der Waals surface area contributed by atoms with Crippen molar-refractivity contribution >= 4 is 67.5 Å². The molecule has 0 heterocycles. The smallest absolute Gasteiger partial charge is 0.322 e. The van der Waals surface area contributed by atoms with E-state index in [9.17, 15) is 24.0 Å². The number of nitrogens with one attached hydrogen (secondary N) is 4. The van der Waals surface area contributed by atoms with Crippen LogP contribution in [0, 0.1) is 16.2 Å². The summed E-state index contributed by atoms with van der Waals surface area (Å²) in [6.07, 6.45) is 1.98. The quantitative estimate of drug-likeness (QED) is 0.0170. The van der Waals surface area contributed by atoms with Crippen molar-refractivity contribution in [2.45, 2.75) is 82.4 Å². The lowest BCUT2D eigenvalue weighted by Gasteiger charge is -2.34. The van der Waals surface area contributed by atoms with Gasteiger partial charge in [-0.2, -0.15) is 0 Å². The van der Waals surface area contributed by atoms with Crippen LogP contribution in [-0.4, -0.2) is 129 Å². The number of guanidine groups is 1. The molecule has 0 spiro atoms. The van der Waals surface area contributed by atoms with Crippen LogP contribution in [0.3, 0.4) is 0 Å². The van der Waals surface area contributed by atoms with Crippen molar-refractivity contribution < 1.29 is 52.4 Å². The van der Waals surface area contributed by atoms with Crippen LogP contribution < -0.4 is 27.4 Å². The number of hydrogen-bond acceptors (Lipinski definition) is 13. The van der Waals surface area contributed by atoms with E-state index in [-0.39, 0.29) is 77.9 Å². The molecule has 8 N–H and O–H groups in total. The lowest BCUT2D eigenvalue weighted by molar-refractivity contribution is -0.173. The molecule has 0 aromatic carbocycles. The summed E-state index contributed by atoms with van der Waals surface area (Å²) in [7, 11) is 0. The van der Waals surface area contributed by atoms with E-state index in [1.807, 2.05) is 0 Å². The first-order valence-electron chi connectivity index (χ1n) is 17.0. The van der Waals surface area contributed by atoms with Crippen LogP contribution in [0.2, 0.25) is 0 Å². The van der Waals surface area contributed by atoms with Gasteiger partial charge in [0.1, 0.15) is 35.1 Å². The number of amides is 2. The molecule has 0 saturated carbocycles. The van der Waals surface area contributed by atoms with Crippen molar-refractivity contribution in [2.24, 2.45) is 22.3 Å². The van der Waals surface area contributed by atoms with Gasteiger partial charge in [0.25, 0.3) is 0 Å². The SMILES string of the molecule is CC(C)(C)C(=O)OCC(COCC(=O)NCCOCCOCCNC(=O)[C@@H](N)CCCCNC(=N)N)(COC(=O)C(C)(C)Br)COC(=O)C(C)(C)Br. The fraction of sp³-hybridized carbons (Fsp3) is 0.818. The van der Waals surface area contributed by atoms with E-state index in [0.29, 0.717) is 19.5 Å². The molecule has 0 saturated heterocycles. The van der Waals surface area contributed by atoms with Gasteiger partial charge in [-0.25, -0.2) is 0 Å². The molecule has 0 rings (SSSR count). The number of nitrogens with two attached hydrogens (primary N) is 2. The van der Waals surface area contributed by atoms with Crippen molar-refractivity contribution in [1.82, 2.24) is 16.0 Å². The minimum Gasteiger partial charge on any atom is -0.464 e. The number of esters is 3. The third-order valence-electron chi connectivity index (χ3n) is 6.83. The summed E-state index contributed by atoms with van der Waals surface area (Å²) in [5, 5.41) is 15.2. The topological polar surface area (TPSA) is 253 Å². The fourth-order valence-electron chi connectivity index (χ4n) is 3.68. The Balaban J connectivity index is 4.76. The zero-order chi connectivity index (χ0) is 40.0. The van der Waals surface area contributed by atoms with Crippen LogP contribution in [0.25, 0.3) is 0 Å². The monoisotopic (exact) mass is 874 g/mol. The average molecular weight is 877 g/mol. The second-order valence-electron chi connectivity index (χ2n) is 14.2. The minimum atomic E-state index is -1.34. The van der Waals surface area contributed by atoms with E-state index in [2.05, 4.69) is 47.8 Å². The molecule has 0 unspecified atom stereocenters. The Hall–Kier alpha value is -2.58. The van der Waals surface area contributed by atoms with Gasteiger partial charge in [0, 0.05) is 19.6 Å². The third kappa shape index (κ3) is 23.9. The lowest BCUT2D eigenvalue weighted by atomic mass is 9.91. The molecule has 2 amide bonds. The molecular weight excluding hydrogens is 816 g/mol. The maximum Gasteiger partial charge on any atom is 0.322 e. The number of ether oxygens (including phenoxy) is 6. The van der Waals surface area contributed by atoms with E-state index in [0.717, 1.165) is 12.8 Å². The highest BCUT2D eigenvalue weighted by Gasteiger charge is 2.40. The first kappa shape index (κ1) is 49.4. The van der Waals surface area contributed by atoms with Gasteiger partial charge in [0.05, 0.1) is 49.9 Å². The summed E-state index contributed by atoms with van der Waals surface area (Å²) in [4.78, 5) is 62.4. The van der Waals surface area contributed by atoms with Crippen molar-refractivity contribution in [3.63, 3.8) is 0 Å². The van der Waals surface area contributed by atoms with Crippen molar-refractivity contribution in [3.8, 4) is 0 Å². The van der Waals surface area contributed by atoms with E-state index in [1.165, 1.54) is 0 Å². The summed E-state index contributed by atoms with van der Waals surface area (Å²) in [5.41, 5.74) is 8.93. The van der Waals surface area contributed by atoms with Crippen LogP contribution in [0.15, 0.2) is 0 Å². The van der Waals surface area contributed by atoms with Crippen LogP contribution in [0.1, 0.15) is 67.7 Å². The highest BCUT2D eigenvalue weighted by Crippen LogP contribution is 2.27. The molecule has 0 bridgehead atoms. The summed E-state index contributed by atoms with van der Waals surface area (Å²) >= 11 is 6.51. The van der Waals surface area contributed by atoms with Gasteiger partial charge in [0.2, 0.25) is 11.8 Å². The van der Waals surface area contributed by atoms with Crippen LogP contribution in [-0.2, 0) is 52.4 Å². The molecule has 19 heteroatoms. The number of halogens is 2. The first-order valence-corrected chi connectivity index (χ1v) is 18.6. The molecular formula is C33H60Br2N6O11. The molecule has 52 heavy (non-hydrogen) atoms. The highest BCUT2D eigenvalue weighted by atomic mass is 79.9. The summed E-state index contributed by atoms with van der Waals surface area (Å²) in [5.74, 6) is -2.56. The molecule has 17 nitrogen and oxygen atoms in total. The molecule has 0 aromatic heterocycles. The van der Waals surface area contributed by atoms with Gasteiger partial charge >= 0.3 is 17.9 Å². The number of carbonyl (C=O) groups is 5. The number of hydrogen-bond donors (Lipinski definition) is 6. The minimum absolute atomic E-state index is 0.0911. The van der Waals surface area contributed by atoms with Crippen molar-refractivity contribution in [3.05, 3.63) is 0 Å². The molecule has 0 fully saturated rings. The molecule has 0 aliphatic heterocycles. The maximum absolute atomic E-state index is 12.6. The number of alkyl halides is 2. The average Bonchev–Trinajstić information content (AvgIpc) is 3.03. The Morgan fingerprint density at radius 2 is 1.13 bits per heavy atom. The summed E-state index contributed by atoms with van der Waals surface area (Å²) in [6, 6.07) is -0.630. The van der Waals surface area contributed by atoms with Gasteiger partial charge < -0.3 is 55.8 Å². The van der Waals surface area contributed by atoms with Crippen LogP contribution in [0.4, 0.5) is 0 Å². The predicted octanol–water partition coefficient (Wildman–Crippen LogP) is 1.26. The standard InChI is InChI=1S/C33H60Br2N6O11/c1-30(2,3)26(44)50-20-33(21-51-27(45)31(4,5)34,22-52-28(46)32(6,7)35)19-49-18-24(42)39-12-14-47-16-17-48-15-13-40-25(43)23(36)10-8-9-11-41-29(37)38/h23H,8-22,36H2,1-7H3,(H,39,42)(H,40,43)(H4,37,38,41)/t23-/m0/s1. The Labute approximate surface area is 324 Å². The zero-order valence-corrected chi connectivity index (χ0v) is 34.8. The Morgan fingerprint density at radius 1 is 0.654 bits per heavy atom.